The van der Waals surface area contributed by atoms with Crippen molar-refractivity contribution < 1.29 is 13.5 Å². The largest absolute Gasteiger partial charge is 0.396 e. The van der Waals surface area contributed by atoms with Crippen molar-refractivity contribution >= 4 is 9.84 Å². The van der Waals surface area contributed by atoms with Gasteiger partial charge in [0.2, 0.25) is 0 Å². The number of hydrogen-bond donors (Lipinski definition) is 1. The van der Waals surface area contributed by atoms with E-state index in [4.69, 9.17) is 5.11 Å². The molecule has 1 N–H and O–H groups in total. The van der Waals surface area contributed by atoms with Crippen LogP contribution < -0.4 is 0 Å². The van der Waals surface area contributed by atoms with Gasteiger partial charge in [0.25, 0.3) is 0 Å². The van der Waals surface area contributed by atoms with Gasteiger partial charge in [-0.05, 0) is 31.6 Å². The quantitative estimate of drug-likeness (QED) is 0.685. The van der Waals surface area contributed by atoms with E-state index in [1.807, 2.05) is 0 Å². The van der Waals surface area contributed by atoms with Crippen molar-refractivity contribution in [1.29, 1.82) is 0 Å². The minimum absolute atomic E-state index is 0.142. The van der Waals surface area contributed by atoms with Crippen LogP contribution in [-0.2, 0) is 9.84 Å². The number of sulfone groups is 1. The zero-order valence-electron chi connectivity index (χ0n) is 7.65. The molecule has 0 saturated carbocycles. The smallest absolute Gasteiger partial charge is 0.156 e. The standard InChI is InChI=1S/C9H16O3S/c10-6-7-4-8-2-1-3-9(5-7)13(8,11)12/h7-10H,1-6H2. The zero-order chi connectivity index (χ0) is 9.47. The topological polar surface area (TPSA) is 54.4 Å². The number of fused-ring (bicyclic) bond motifs is 2. The lowest BCUT2D eigenvalue weighted by molar-refractivity contribution is 0.192. The van der Waals surface area contributed by atoms with Gasteiger partial charge in [-0.2, -0.15) is 0 Å². The third-order valence-corrected chi connectivity index (χ3v) is 6.15. The fourth-order valence-corrected chi connectivity index (χ4v) is 5.28. The highest BCUT2D eigenvalue weighted by Gasteiger charge is 2.43. The minimum Gasteiger partial charge on any atom is -0.396 e. The number of aliphatic hydroxyl groups excluding tert-OH is 1. The van der Waals surface area contributed by atoms with Gasteiger partial charge in [-0.25, -0.2) is 8.42 Å². The molecule has 2 fully saturated rings. The summed E-state index contributed by atoms with van der Waals surface area (Å²) in [6, 6.07) is 0. The van der Waals surface area contributed by atoms with E-state index in [2.05, 4.69) is 0 Å². The number of aliphatic hydroxyl groups is 1. The lowest BCUT2D eigenvalue weighted by Crippen LogP contribution is -2.44. The van der Waals surface area contributed by atoms with E-state index in [1.165, 1.54) is 0 Å². The zero-order valence-corrected chi connectivity index (χ0v) is 8.46. The molecule has 76 valence electrons. The van der Waals surface area contributed by atoms with E-state index in [0.29, 0.717) is 12.8 Å². The Morgan fingerprint density at radius 1 is 1.15 bits per heavy atom. The third-order valence-electron chi connectivity index (χ3n) is 3.43. The van der Waals surface area contributed by atoms with Crippen LogP contribution in [0.2, 0.25) is 0 Å². The molecule has 0 radical (unpaired) electrons. The van der Waals surface area contributed by atoms with E-state index in [0.717, 1.165) is 19.3 Å². The maximum absolute atomic E-state index is 11.8. The van der Waals surface area contributed by atoms with Gasteiger partial charge in [0.15, 0.2) is 9.84 Å². The first kappa shape index (κ1) is 9.46. The Morgan fingerprint density at radius 3 is 2.15 bits per heavy atom. The second kappa shape index (κ2) is 3.24. The summed E-state index contributed by atoms with van der Waals surface area (Å²) in [4.78, 5) is 0. The molecule has 0 aromatic heterocycles. The molecule has 2 heterocycles. The highest BCUT2D eigenvalue weighted by molar-refractivity contribution is 7.92. The molecule has 13 heavy (non-hydrogen) atoms. The van der Waals surface area contributed by atoms with Crippen LogP contribution >= 0.6 is 0 Å². The van der Waals surface area contributed by atoms with Gasteiger partial charge in [0.05, 0.1) is 10.5 Å². The molecule has 2 atom stereocenters. The highest BCUT2D eigenvalue weighted by Crippen LogP contribution is 2.38. The molecule has 4 heteroatoms. The van der Waals surface area contributed by atoms with Crippen molar-refractivity contribution in [3.63, 3.8) is 0 Å². The Morgan fingerprint density at radius 2 is 1.69 bits per heavy atom. The molecule has 0 spiro atoms. The van der Waals surface area contributed by atoms with Crippen molar-refractivity contribution in [1.82, 2.24) is 0 Å². The Hall–Kier alpha value is -0.0900. The second-order valence-corrected chi connectivity index (χ2v) is 6.80. The molecular formula is C9H16O3S. The van der Waals surface area contributed by atoms with Crippen molar-refractivity contribution in [2.75, 3.05) is 6.61 Å². The molecular weight excluding hydrogens is 188 g/mol. The van der Waals surface area contributed by atoms with Crippen LogP contribution in [0.25, 0.3) is 0 Å². The fraction of sp³-hybridized carbons (Fsp3) is 1.00. The fourth-order valence-electron chi connectivity index (χ4n) is 2.67. The monoisotopic (exact) mass is 204 g/mol. The van der Waals surface area contributed by atoms with Gasteiger partial charge in [-0.3, -0.25) is 0 Å². The average molecular weight is 204 g/mol. The molecule has 2 aliphatic rings. The second-order valence-electron chi connectivity index (χ2n) is 4.28. The van der Waals surface area contributed by atoms with Crippen molar-refractivity contribution in [3.05, 3.63) is 0 Å². The summed E-state index contributed by atoms with van der Waals surface area (Å²) in [5, 5.41) is 8.74. The SMILES string of the molecule is O=S1(=O)C2CCCC1CC(CO)C2. The number of hydrogen-bond acceptors (Lipinski definition) is 3. The van der Waals surface area contributed by atoms with Crippen LogP contribution in [0.3, 0.4) is 0 Å². The molecule has 0 amide bonds. The van der Waals surface area contributed by atoms with Crippen LogP contribution in [0, 0.1) is 5.92 Å². The normalized spacial score (nSPS) is 43.0. The maximum Gasteiger partial charge on any atom is 0.156 e. The summed E-state index contributed by atoms with van der Waals surface area (Å²) in [5.41, 5.74) is 0. The van der Waals surface area contributed by atoms with E-state index < -0.39 is 9.84 Å². The predicted molar refractivity (Wildman–Crippen MR) is 50.2 cm³/mol. The molecule has 0 aromatic carbocycles. The summed E-state index contributed by atoms with van der Waals surface area (Å²) < 4.78 is 23.5. The Bertz CT molecular complexity index is 263. The van der Waals surface area contributed by atoms with E-state index in [1.54, 1.807) is 0 Å². The van der Waals surface area contributed by atoms with E-state index in [9.17, 15) is 8.42 Å². The van der Waals surface area contributed by atoms with E-state index in [-0.39, 0.29) is 23.0 Å². The van der Waals surface area contributed by atoms with Crippen LogP contribution in [0.5, 0.6) is 0 Å². The van der Waals surface area contributed by atoms with Gasteiger partial charge in [-0.15, -0.1) is 0 Å². The average Bonchev–Trinajstić information content (AvgIpc) is 2.02. The molecule has 2 saturated heterocycles. The summed E-state index contributed by atoms with van der Waals surface area (Å²) in [6.07, 6.45) is 4.06. The summed E-state index contributed by atoms with van der Waals surface area (Å²) in [5.74, 6) is 0.235. The van der Waals surface area contributed by atoms with Gasteiger partial charge in [0.1, 0.15) is 0 Å². The van der Waals surface area contributed by atoms with Crippen LogP contribution in [0.1, 0.15) is 32.1 Å². The van der Waals surface area contributed by atoms with Gasteiger partial charge in [-0.1, -0.05) is 6.42 Å². The predicted octanol–water partition coefficient (Wildman–Crippen LogP) is 0.725. The Balaban J connectivity index is 2.22. The molecule has 2 bridgehead atoms. The van der Waals surface area contributed by atoms with Crippen LogP contribution in [0.15, 0.2) is 0 Å². The first-order valence-corrected chi connectivity index (χ1v) is 6.59. The van der Waals surface area contributed by atoms with Crippen LogP contribution in [0.4, 0.5) is 0 Å². The summed E-state index contributed by atoms with van der Waals surface area (Å²) in [7, 11) is -2.82. The van der Waals surface area contributed by atoms with E-state index >= 15 is 0 Å². The molecule has 0 aliphatic carbocycles. The lowest BCUT2D eigenvalue weighted by atomic mass is 9.90. The lowest BCUT2D eigenvalue weighted by Gasteiger charge is -2.38. The first-order chi connectivity index (χ1) is 6.14. The van der Waals surface area contributed by atoms with Crippen molar-refractivity contribution in [3.8, 4) is 0 Å². The number of rotatable bonds is 1. The highest BCUT2D eigenvalue weighted by atomic mass is 32.2. The maximum atomic E-state index is 11.8. The van der Waals surface area contributed by atoms with Gasteiger partial charge >= 0.3 is 0 Å². The summed E-state index contributed by atoms with van der Waals surface area (Å²) in [6.45, 7) is 0.155. The Labute approximate surface area is 79.1 Å². The summed E-state index contributed by atoms with van der Waals surface area (Å²) >= 11 is 0. The third kappa shape index (κ3) is 1.50. The first-order valence-electron chi connectivity index (χ1n) is 4.98. The Kier molecular flexibility index (Phi) is 2.36. The molecule has 3 nitrogen and oxygen atoms in total. The molecule has 2 unspecified atom stereocenters. The minimum atomic E-state index is -2.82. The van der Waals surface area contributed by atoms with Crippen LogP contribution in [-0.4, -0.2) is 30.6 Å². The molecule has 2 rings (SSSR count). The molecule has 0 aromatic rings. The van der Waals surface area contributed by atoms with Gasteiger partial charge in [0, 0.05) is 6.61 Å². The van der Waals surface area contributed by atoms with Crippen molar-refractivity contribution in [2.24, 2.45) is 5.92 Å². The molecule has 2 aliphatic heterocycles. The van der Waals surface area contributed by atoms with Gasteiger partial charge < -0.3 is 5.11 Å². The van der Waals surface area contributed by atoms with Crippen molar-refractivity contribution in [2.45, 2.75) is 42.6 Å².